The zero-order valence-electron chi connectivity index (χ0n) is 21.8. The maximum Gasteiger partial charge on any atom is 0.416 e. The molecule has 1 heterocycles. The van der Waals surface area contributed by atoms with Crippen molar-refractivity contribution >= 4 is 29.5 Å². The van der Waals surface area contributed by atoms with Crippen LogP contribution in [0.15, 0.2) is 42.5 Å². The van der Waals surface area contributed by atoms with Gasteiger partial charge in [0, 0.05) is 20.0 Å². The summed E-state index contributed by atoms with van der Waals surface area (Å²) in [5, 5.41) is 8.83. The molecule has 1 saturated heterocycles. The van der Waals surface area contributed by atoms with Crippen LogP contribution in [0.5, 0.6) is 0 Å². The maximum atomic E-state index is 13.7. The molecule has 0 aromatic heterocycles. The Morgan fingerprint density at radius 2 is 1.76 bits per heavy atom. The number of esters is 1. The molecular weight excluding hydrogens is 478 g/mol. The van der Waals surface area contributed by atoms with Gasteiger partial charge in [0.05, 0.1) is 12.0 Å². The van der Waals surface area contributed by atoms with Crippen LogP contribution in [0.3, 0.4) is 0 Å². The molecule has 1 aromatic rings. The summed E-state index contributed by atoms with van der Waals surface area (Å²) in [7, 11) is 0. The maximum absolute atomic E-state index is 13.7. The minimum absolute atomic E-state index is 0.0323. The van der Waals surface area contributed by atoms with E-state index in [2.05, 4.69) is 0 Å². The van der Waals surface area contributed by atoms with Crippen LogP contribution in [0.25, 0.3) is 0 Å². The van der Waals surface area contributed by atoms with Gasteiger partial charge < -0.3 is 14.6 Å². The first-order chi connectivity index (χ1) is 17.6. The second-order valence-electron chi connectivity index (χ2n) is 9.51. The second-order valence-corrected chi connectivity index (χ2v) is 9.51. The van der Waals surface area contributed by atoms with Crippen molar-refractivity contribution in [3.8, 4) is 0 Å². The van der Waals surface area contributed by atoms with Crippen LogP contribution in [0.2, 0.25) is 0 Å². The molecule has 1 aliphatic rings. The molecule has 0 saturated carbocycles. The number of benzene rings is 1. The number of rotatable bonds is 15. The number of ketones is 2. The number of hydrogen-bond acceptors (Lipinski definition) is 8. The van der Waals surface area contributed by atoms with Gasteiger partial charge in [0.15, 0.2) is 17.7 Å². The molecule has 2 amide bonds. The van der Waals surface area contributed by atoms with E-state index in [4.69, 9.17) is 14.6 Å². The van der Waals surface area contributed by atoms with E-state index in [9.17, 15) is 24.0 Å². The lowest BCUT2D eigenvalue weighted by Gasteiger charge is -2.30. The minimum Gasteiger partial charge on any atom is -0.453 e. The highest BCUT2D eigenvalue weighted by atomic mass is 16.6. The number of carbonyl (C=O) groups is 5. The average Bonchev–Trinajstić information content (AvgIpc) is 3.26. The molecule has 0 bridgehead atoms. The number of nitrogens with zero attached hydrogens (tertiary/aromatic N) is 1. The monoisotopic (exact) mass is 515 g/mol. The van der Waals surface area contributed by atoms with Gasteiger partial charge in [-0.25, -0.2) is 9.69 Å². The van der Waals surface area contributed by atoms with Crippen LogP contribution < -0.4 is 0 Å². The van der Waals surface area contributed by atoms with Gasteiger partial charge in [-0.1, -0.05) is 57.0 Å². The number of cyclic esters (lactones) is 1. The molecule has 0 radical (unpaired) electrons. The first-order valence-corrected chi connectivity index (χ1v) is 12.7. The second kappa shape index (κ2) is 15.0. The number of ether oxygens (including phenoxy) is 2. The number of aliphatic hydroxyl groups excluding tert-OH is 1. The Morgan fingerprint density at radius 1 is 1.08 bits per heavy atom. The SMILES string of the molecule is CC(=O)O[C@@H](C(=O)C=CC(=O)CCCCCCO)[C@@H](Cc1ccccc1)C(=O)N1C(=O)OC[C@H]1C(C)C. The first kappa shape index (κ1) is 29.9. The molecule has 37 heavy (non-hydrogen) atoms. The highest BCUT2D eigenvalue weighted by Crippen LogP contribution is 2.27. The normalized spacial score (nSPS) is 17.1. The van der Waals surface area contributed by atoms with E-state index < -0.39 is 41.8 Å². The summed E-state index contributed by atoms with van der Waals surface area (Å²) in [6.45, 7) is 4.99. The van der Waals surface area contributed by atoms with Crippen LogP contribution >= 0.6 is 0 Å². The lowest BCUT2D eigenvalue weighted by Crippen LogP contribution is -2.50. The number of imide groups is 1. The number of allylic oxidation sites excluding steroid dienone is 1. The topological polar surface area (TPSA) is 127 Å². The molecule has 1 fully saturated rings. The summed E-state index contributed by atoms with van der Waals surface area (Å²) in [6.07, 6.45) is 2.98. The molecule has 1 N–H and O–H groups in total. The van der Waals surface area contributed by atoms with Crippen molar-refractivity contribution < 1.29 is 38.6 Å². The molecule has 1 aliphatic heterocycles. The highest BCUT2D eigenvalue weighted by Gasteiger charge is 2.46. The Bertz CT molecular complexity index is 972. The first-order valence-electron chi connectivity index (χ1n) is 12.7. The Labute approximate surface area is 217 Å². The van der Waals surface area contributed by atoms with E-state index in [-0.39, 0.29) is 37.8 Å². The number of aliphatic hydroxyl groups is 1. The van der Waals surface area contributed by atoms with Gasteiger partial charge in [0.1, 0.15) is 6.61 Å². The molecule has 1 aromatic carbocycles. The van der Waals surface area contributed by atoms with E-state index in [0.717, 1.165) is 36.8 Å². The van der Waals surface area contributed by atoms with Crippen LogP contribution in [-0.4, -0.2) is 64.9 Å². The lowest BCUT2D eigenvalue weighted by molar-refractivity contribution is -0.159. The van der Waals surface area contributed by atoms with E-state index in [1.165, 1.54) is 0 Å². The Balaban J connectivity index is 2.30. The van der Waals surface area contributed by atoms with Crippen molar-refractivity contribution in [1.82, 2.24) is 4.90 Å². The van der Waals surface area contributed by atoms with Crippen LogP contribution in [0, 0.1) is 11.8 Å². The summed E-state index contributed by atoms with van der Waals surface area (Å²) in [5.74, 6) is -3.72. The predicted octanol–water partition coefficient (Wildman–Crippen LogP) is 3.42. The smallest absolute Gasteiger partial charge is 0.416 e. The fraction of sp³-hybridized carbons (Fsp3) is 0.536. The van der Waals surface area contributed by atoms with Crippen LogP contribution in [-0.2, 0) is 35.1 Å². The number of carbonyl (C=O) groups excluding carboxylic acids is 5. The van der Waals surface area contributed by atoms with Crippen molar-refractivity contribution in [3.05, 3.63) is 48.0 Å². The van der Waals surface area contributed by atoms with Gasteiger partial charge in [0.25, 0.3) is 0 Å². The summed E-state index contributed by atoms with van der Waals surface area (Å²) in [5.41, 5.74) is 0.711. The van der Waals surface area contributed by atoms with Gasteiger partial charge in [-0.2, -0.15) is 0 Å². The van der Waals surface area contributed by atoms with Crippen molar-refractivity contribution in [2.75, 3.05) is 13.2 Å². The standard InChI is InChI=1S/C28H37NO8/c1-19(2)24-18-36-28(35)29(24)27(34)23(17-21-11-7-6-8-12-21)26(37-20(3)31)25(33)15-14-22(32)13-9-4-5-10-16-30/h6-8,11-12,14-15,19,23-24,26,30H,4-5,9-10,13,16-18H2,1-3H3/t23-,24+,26-/m1/s1. The Kier molecular flexibility index (Phi) is 12.2. The van der Waals surface area contributed by atoms with E-state index in [1.807, 2.05) is 13.8 Å². The van der Waals surface area contributed by atoms with E-state index in [1.54, 1.807) is 30.3 Å². The molecular formula is C28H37NO8. The summed E-state index contributed by atoms with van der Waals surface area (Å²) < 4.78 is 10.5. The molecule has 0 spiro atoms. The molecule has 9 heteroatoms. The van der Waals surface area contributed by atoms with Crippen LogP contribution in [0.1, 0.15) is 58.4 Å². The van der Waals surface area contributed by atoms with Crippen molar-refractivity contribution in [2.45, 2.75) is 71.4 Å². The molecule has 9 nitrogen and oxygen atoms in total. The highest BCUT2D eigenvalue weighted by molar-refractivity contribution is 6.04. The molecule has 0 unspecified atom stereocenters. The average molecular weight is 516 g/mol. The van der Waals surface area contributed by atoms with Gasteiger partial charge in [-0.3, -0.25) is 19.2 Å². The lowest BCUT2D eigenvalue weighted by atomic mass is 9.89. The van der Waals surface area contributed by atoms with Crippen molar-refractivity contribution in [1.29, 1.82) is 0 Å². The number of hydrogen-bond donors (Lipinski definition) is 1. The van der Waals surface area contributed by atoms with Crippen LogP contribution in [0.4, 0.5) is 4.79 Å². The van der Waals surface area contributed by atoms with Gasteiger partial charge >= 0.3 is 12.1 Å². The molecule has 202 valence electrons. The number of unbranched alkanes of at least 4 members (excludes halogenated alkanes) is 3. The third-order valence-electron chi connectivity index (χ3n) is 6.23. The summed E-state index contributed by atoms with van der Waals surface area (Å²) in [6, 6.07) is 8.38. The van der Waals surface area contributed by atoms with Crippen molar-refractivity contribution in [3.63, 3.8) is 0 Å². The third-order valence-corrected chi connectivity index (χ3v) is 6.23. The fourth-order valence-electron chi connectivity index (χ4n) is 4.19. The quantitative estimate of drug-likeness (QED) is 0.214. The van der Waals surface area contributed by atoms with E-state index in [0.29, 0.717) is 18.4 Å². The zero-order valence-corrected chi connectivity index (χ0v) is 21.8. The van der Waals surface area contributed by atoms with Crippen molar-refractivity contribution in [2.24, 2.45) is 11.8 Å². The largest absolute Gasteiger partial charge is 0.453 e. The van der Waals surface area contributed by atoms with Gasteiger partial charge in [-0.15, -0.1) is 0 Å². The summed E-state index contributed by atoms with van der Waals surface area (Å²) >= 11 is 0. The predicted molar refractivity (Wildman–Crippen MR) is 135 cm³/mol. The van der Waals surface area contributed by atoms with Gasteiger partial charge in [0.2, 0.25) is 5.91 Å². The van der Waals surface area contributed by atoms with Gasteiger partial charge in [-0.05, 0) is 42.9 Å². The minimum atomic E-state index is -1.53. The van der Waals surface area contributed by atoms with E-state index >= 15 is 0 Å². The molecule has 3 atom stereocenters. The Morgan fingerprint density at radius 3 is 2.38 bits per heavy atom. The molecule has 2 rings (SSSR count). The number of amides is 2. The zero-order chi connectivity index (χ0) is 27.4. The third kappa shape index (κ3) is 9.24. The Hall–Kier alpha value is -3.33. The fourth-order valence-corrected chi connectivity index (χ4v) is 4.19. The molecule has 0 aliphatic carbocycles. The summed E-state index contributed by atoms with van der Waals surface area (Å²) in [4.78, 5) is 64.7.